The summed E-state index contributed by atoms with van der Waals surface area (Å²) >= 11 is 0. The summed E-state index contributed by atoms with van der Waals surface area (Å²) in [5.41, 5.74) is 7.15. The van der Waals surface area contributed by atoms with Gasteiger partial charge in [0.25, 0.3) is 0 Å². The second-order valence-electron chi connectivity index (χ2n) is 4.54. The topological polar surface area (TPSA) is 47.7 Å². The zero-order valence-corrected chi connectivity index (χ0v) is 13.2. The standard InChI is InChI=1S/C16H28N2O2/c1-5-18(6-2)14(12-17)13-9-10-15(19-7-3)16(11-13)20-8-4/h9-11,14H,5-8,12,17H2,1-4H3. The Morgan fingerprint density at radius 1 is 1.00 bits per heavy atom. The van der Waals surface area contributed by atoms with Crippen LogP contribution in [0.2, 0.25) is 0 Å². The van der Waals surface area contributed by atoms with E-state index in [1.807, 2.05) is 19.9 Å². The fourth-order valence-corrected chi connectivity index (χ4v) is 2.44. The summed E-state index contributed by atoms with van der Waals surface area (Å²) < 4.78 is 11.3. The van der Waals surface area contributed by atoms with Crippen LogP contribution in [0.4, 0.5) is 0 Å². The van der Waals surface area contributed by atoms with Gasteiger partial charge in [-0.3, -0.25) is 4.90 Å². The van der Waals surface area contributed by atoms with E-state index in [-0.39, 0.29) is 6.04 Å². The number of nitrogens with zero attached hydrogens (tertiary/aromatic N) is 1. The minimum Gasteiger partial charge on any atom is -0.490 e. The Morgan fingerprint density at radius 2 is 1.60 bits per heavy atom. The van der Waals surface area contributed by atoms with Crippen LogP contribution in [0, 0.1) is 0 Å². The molecule has 0 bridgehead atoms. The molecule has 0 saturated heterocycles. The molecule has 0 aliphatic rings. The SMILES string of the molecule is CCOc1ccc(C(CN)N(CC)CC)cc1OCC. The summed E-state index contributed by atoms with van der Waals surface area (Å²) in [5, 5.41) is 0. The van der Waals surface area contributed by atoms with Gasteiger partial charge >= 0.3 is 0 Å². The molecule has 0 aliphatic heterocycles. The Kier molecular flexibility index (Phi) is 7.41. The molecule has 0 fully saturated rings. The molecule has 1 atom stereocenters. The highest BCUT2D eigenvalue weighted by Gasteiger charge is 2.18. The summed E-state index contributed by atoms with van der Waals surface area (Å²) in [6, 6.07) is 6.35. The van der Waals surface area contributed by atoms with Crippen molar-refractivity contribution in [1.29, 1.82) is 0 Å². The minimum absolute atomic E-state index is 0.222. The first kappa shape index (κ1) is 16.8. The molecule has 1 aromatic carbocycles. The van der Waals surface area contributed by atoms with Crippen LogP contribution in [0.25, 0.3) is 0 Å². The van der Waals surface area contributed by atoms with Crippen molar-refractivity contribution in [1.82, 2.24) is 4.90 Å². The monoisotopic (exact) mass is 280 g/mol. The predicted octanol–water partition coefficient (Wildman–Crippen LogP) is 2.83. The molecule has 0 spiro atoms. The third kappa shape index (κ3) is 4.12. The van der Waals surface area contributed by atoms with E-state index in [1.54, 1.807) is 0 Å². The van der Waals surface area contributed by atoms with Crippen molar-refractivity contribution in [2.45, 2.75) is 33.7 Å². The van der Waals surface area contributed by atoms with E-state index in [0.717, 1.165) is 24.6 Å². The molecule has 1 unspecified atom stereocenters. The van der Waals surface area contributed by atoms with Gasteiger partial charge in [-0.2, -0.15) is 0 Å². The first-order valence-corrected chi connectivity index (χ1v) is 7.55. The molecule has 20 heavy (non-hydrogen) atoms. The molecule has 0 aliphatic carbocycles. The second kappa shape index (κ2) is 8.82. The summed E-state index contributed by atoms with van der Waals surface area (Å²) in [4.78, 5) is 2.35. The van der Waals surface area contributed by atoms with Crippen molar-refractivity contribution in [3.8, 4) is 11.5 Å². The minimum atomic E-state index is 0.222. The molecule has 0 aromatic heterocycles. The van der Waals surface area contributed by atoms with E-state index in [4.69, 9.17) is 15.2 Å². The average Bonchev–Trinajstić information content (AvgIpc) is 2.47. The van der Waals surface area contributed by atoms with Crippen molar-refractivity contribution in [2.75, 3.05) is 32.8 Å². The molecule has 4 heteroatoms. The largest absolute Gasteiger partial charge is 0.490 e. The molecule has 1 rings (SSSR count). The lowest BCUT2D eigenvalue weighted by molar-refractivity contribution is 0.222. The van der Waals surface area contributed by atoms with Crippen LogP contribution in [0.5, 0.6) is 11.5 Å². The van der Waals surface area contributed by atoms with Gasteiger partial charge in [0.15, 0.2) is 11.5 Å². The smallest absolute Gasteiger partial charge is 0.161 e. The van der Waals surface area contributed by atoms with E-state index < -0.39 is 0 Å². The Bertz CT molecular complexity index is 392. The van der Waals surface area contributed by atoms with Gasteiger partial charge in [0.2, 0.25) is 0 Å². The molecule has 4 nitrogen and oxygen atoms in total. The van der Waals surface area contributed by atoms with Crippen molar-refractivity contribution in [3.63, 3.8) is 0 Å². The van der Waals surface area contributed by atoms with Gasteiger partial charge in [-0.25, -0.2) is 0 Å². The summed E-state index contributed by atoms with van der Waals surface area (Å²) in [6.45, 7) is 12.1. The highest BCUT2D eigenvalue weighted by Crippen LogP contribution is 2.32. The number of nitrogens with two attached hydrogens (primary N) is 1. The van der Waals surface area contributed by atoms with E-state index in [1.165, 1.54) is 5.56 Å². The first-order chi connectivity index (χ1) is 9.71. The lowest BCUT2D eigenvalue weighted by Crippen LogP contribution is -2.33. The van der Waals surface area contributed by atoms with Gasteiger partial charge in [-0.1, -0.05) is 19.9 Å². The van der Waals surface area contributed by atoms with Crippen LogP contribution in [-0.2, 0) is 0 Å². The Labute approximate surface area is 122 Å². The highest BCUT2D eigenvalue weighted by atomic mass is 16.5. The number of ether oxygens (including phenoxy) is 2. The predicted molar refractivity (Wildman–Crippen MR) is 83.5 cm³/mol. The number of benzene rings is 1. The van der Waals surface area contributed by atoms with Gasteiger partial charge in [0.1, 0.15) is 0 Å². The van der Waals surface area contributed by atoms with Crippen molar-refractivity contribution >= 4 is 0 Å². The zero-order chi connectivity index (χ0) is 15.0. The number of hydrogen-bond donors (Lipinski definition) is 1. The number of likely N-dealkylation sites (N-methyl/N-ethyl adjacent to an activating group) is 1. The van der Waals surface area contributed by atoms with Gasteiger partial charge in [-0.05, 0) is 44.6 Å². The molecular weight excluding hydrogens is 252 g/mol. The van der Waals surface area contributed by atoms with E-state index >= 15 is 0 Å². The molecule has 0 saturated carbocycles. The lowest BCUT2D eigenvalue weighted by atomic mass is 10.0. The van der Waals surface area contributed by atoms with Crippen LogP contribution in [0.15, 0.2) is 18.2 Å². The number of hydrogen-bond acceptors (Lipinski definition) is 4. The Hall–Kier alpha value is -1.26. The van der Waals surface area contributed by atoms with Crippen molar-refractivity contribution < 1.29 is 9.47 Å². The Morgan fingerprint density at radius 3 is 2.10 bits per heavy atom. The molecule has 1 aromatic rings. The van der Waals surface area contributed by atoms with Crippen molar-refractivity contribution in [3.05, 3.63) is 23.8 Å². The van der Waals surface area contributed by atoms with Crippen LogP contribution in [-0.4, -0.2) is 37.7 Å². The summed E-state index contributed by atoms with van der Waals surface area (Å²) in [7, 11) is 0. The molecule has 114 valence electrons. The molecular formula is C16H28N2O2. The molecule has 0 amide bonds. The normalized spacial score (nSPS) is 12.5. The fourth-order valence-electron chi connectivity index (χ4n) is 2.44. The Balaban J connectivity index is 3.07. The highest BCUT2D eigenvalue weighted by molar-refractivity contribution is 5.44. The van der Waals surface area contributed by atoms with Crippen LogP contribution >= 0.6 is 0 Å². The third-order valence-electron chi connectivity index (χ3n) is 3.43. The maximum atomic E-state index is 5.96. The van der Waals surface area contributed by atoms with Crippen LogP contribution < -0.4 is 15.2 Å². The third-order valence-corrected chi connectivity index (χ3v) is 3.43. The van der Waals surface area contributed by atoms with Gasteiger partial charge < -0.3 is 15.2 Å². The van der Waals surface area contributed by atoms with Crippen LogP contribution in [0.3, 0.4) is 0 Å². The van der Waals surface area contributed by atoms with E-state index in [2.05, 4.69) is 30.9 Å². The molecule has 2 N–H and O–H groups in total. The average molecular weight is 280 g/mol. The molecule has 0 heterocycles. The van der Waals surface area contributed by atoms with E-state index in [0.29, 0.717) is 19.8 Å². The first-order valence-electron chi connectivity index (χ1n) is 7.55. The van der Waals surface area contributed by atoms with Crippen LogP contribution in [0.1, 0.15) is 39.3 Å². The quantitative estimate of drug-likeness (QED) is 0.755. The fraction of sp³-hybridized carbons (Fsp3) is 0.625. The molecule has 0 radical (unpaired) electrons. The number of rotatable bonds is 9. The maximum absolute atomic E-state index is 5.96. The summed E-state index contributed by atoms with van der Waals surface area (Å²) in [5.74, 6) is 1.60. The summed E-state index contributed by atoms with van der Waals surface area (Å²) in [6.07, 6.45) is 0. The van der Waals surface area contributed by atoms with Crippen molar-refractivity contribution in [2.24, 2.45) is 5.73 Å². The zero-order valence-electron chi connectivity index (χ0n) is 13.2. The van der Waals surface area contributed by atoms with Gasteiger partial charge in [0, 0.05) is 12.6 Å². The second-order valence-corrected chi connectivity index (χ2v) is 4.54. The maximum Gasteiger partial charge on any atom is 0.161 e. The van der Waals surface area contributed by atoms with E-state index in [9.17, 15) is 0 Å². The van der Waals surface area contributed by atoms with Gasteiger partial charge in [0.05, 0.1) is 13.2 Å². The lowest BCUT2D eigenvalue weighted by Gasteiger charge is -2.29. The van der Waals surface area contributed by atoms with Gasteiger partial charge in [-0.15, -0.1) is 0 Å².